The summed E-state index contributed by atoms with van der Waals surface area (Å²) in [5.41, 5.74) is 2.43. The van der Waals surface area contributed by atoms with Gasteiger partial charge in [0.25, 0.3) is 11.8 Å². The monoisotopic (exact) mass is 522 g/mol. The molecule has 0 saturated carbocycles. The molecule has 2 aromatic rings. The molecular formula is C30H42N4O4. The lowest BCUT2D eigenvalue weighted by molar-refractivity contribution is -0.120. The fourth-order valence-electron chi connectivity index (χ4n) is 4.96. The second-order valence-electron chi connectivity index (χ2n) is 10.00. The molecule has 0 aromatic heterocycles. The summed E-state index contributed by atoms with van der Waals surface area (Å²) in [4.78, 5) is 30.5. The van der Waals surface area contributed by atoms with Crippen molar-refractivity contribution in [3.05, 3.63) is 59.7 Å². The average molecular weight is 523 g/mol. The zero-order valence-corrected chi connectivity index (χ0v) is 22.5. The number of fused-ring (bicyclic) bond motifs is 1. The van der Waals surface area contributed by atoms with Crippen LogP contribution in [0.25, 0.3) is 0 Å². The van der Waals surface area contributed by atoms with Crippen LogP contribution in [-0.4, -0.2) is 75.8 Å². The van der Waals surface area contributed by atoms with Crippen LogP contribution in [-0.2, 0) is 16.1 Å². The zero-order chi connectivity index (χ0) is 26.4. The van der Waals surface area contributed by atoms with Crippen LogP contribution in [0.2, 0.25) is 0 Å². The zero-order valence-electron chi connectivity index (χ0n) is 22.5. The Morgan fingerprint density at radius 3 is 2.58 bits per heavy atom. The molecule has 2 heterocycles. The van der Waals surface area contributed by atoms with Gasteiger partial charge >= 0.3 is 0 Å². The number of morpholine rings is 1. The molecule has 0 bridgehead atoms. The molecule has 2 aliphatic rings. The second kappa shape index (κ2) is 15.5. The van der Waals surface area contributed by atoms with E-state index >= 15 is 0 Å². The van der Waals surface area contributed by atoms with E-state index < -0.39 is 0 Å². The number of hydrogen-bond acceptors (Lipinski definition) is 6. The summed E-state index contributed by atoms with van der Waals surface area (Å²) in [6.07, 6.45) is 6.41. The normalized spacial score (nSPS) is 17.5. The van der Waals surface area contributed by atoms with Gasteiger partial charge in [-0.15, -0.1) is 0 Å². The molecule has 0 unspecified atom stereocenters. The lowest BCUT2D eigenvalue weighted by atomic mass is 10.0. The molecule has 206 valence electrons. The Hall–Kier alpha value is -2.94. The predicted molar refractivity (Wildman–Crippen MR) is 150 cm³/mol. The largest absolute Gasteiger partial charge is 0.484 e. The minimum Gasteiger partial charge on any atom is -0.484 e. The van der Waals surface area contributed by atoms with Crippen LogP contribution in [0.15, 0.2) is 48.5 Å². The lowest BCUT2D eigenvalue weighted by Crippen LogP contribution is -2.38. The van der Waals surface area contributed by atoms with Crippen molar-refractivity contribution < 1.29 is 19.1 Å². The van der Waals surface area contributed by atoms with Gasteiger partial charge in [-0.2, -0.15) is 0 Å². The molecule has 2 amide bonds. The van der Waals surface area contributed by atoms with Crippen LogP contribution in [0.3, 0.4) is 0 Å². The van der Waals surface area contributed by atoms with Crippen molar-refractivity contribution in [2.24, 2.45) is 0 Å². The van der Waals surface area contributed by atoms with E-state index in [9.17, 15) is 9.59 Å². The van der Waals surface area contributed by atoms with Crippen LogP contribution < -0.4 is 20.3 Å². The van der Waals surface area contributed by atoms with Crippen LogP contribution in [0.1, 0.15) is 54.4 Å². The Labute approximate surface area is 226 Å². The first-order valence-corrected chi connectivity index (χ1v) is 14.1. The van der Waals surface area contributed by atoms with Crippen LogP contribution in [0.5, 0.6) is 5.75 Å². The Morgan fingerprint density at radius 1 is 0.947 bits per heavy atom. The Kier molecular flexibility index (Phi) is 11.4. The molecular weight excluding hydrogens is 480 g/mol. The number of ether oxygens (including phenoxy) is 2. The second-order valence-corrected chi connectivity index (χ2v) is 10.00. The topological polar surface area (TPSA) is 83.1 Å². The molecule has 4 rings (SSSR count). The molecule has 0 spiro atoms. The van der Waals surface area contributed by atoms with Gasteiger partial charge in [0.05, 0.1) is 13.2 Å². The summed E-state index contributed by atoms with van der Waals surface area (Å²) < 4.78 is 11.2. The molecule has 2 aromatic carbocycles. The number of carbonyl (C=O) groups excluding carboxylic acids is 2. The van der Waals surface area contributed by atoms with E-state index in [2.05, 4.69) is 15.5 Å². The van der Waals surface area contributed by atoms with E-state index in [1.165, 1.54) is 12.8 Å². The molecule has 0 aliphatic carbocycles. The Balaban J connectivity index is 1.42. The third kappa shape index (κ3) is 8.82. The van der Waals surface area contributed by atoms with Gasteiger partial charge in [-0.05, 0) is 68.2 Å². The molecule has 38 heavy (non-hydrogen) atoms. The first kappa shape index (κ1) is 28.1. The number of rotatable bonds is 8. The minimum atomic E-state index is -0.0776. The van der Waals surface area contributed by atoms with Crippen molar-refractivity contribution in [3.63, 3.8) is 0 Å². The molecule has 2 N–H and O–H groups in total. The predicted octanol–water partition coefficient (Wildman–Crippen LogP) is 3.60. The molecule has 2 aliphatic heterocycles. The molecule has 0 atom stereocenters. The maximum atomic E-state index is 13.4. The van der Waals surface area contributed by atoms with Crippen LogP contribution >= 0.6 is 0 Å². The number of nitrogens with zero attached hydrogens (tertiary/aromatic N) is 2. The number of anilines is 1. The highest BCUT2D eigenvalue weighted by atomic mass is 16.5. The Morgan fingerprint density at radius 2 is 1.74 bits per heavy atom. The standard InChI is InChI=1S/C30H42N4O4/c35-29(24-38-27-10-5-4-6-11-27)34-17-8-3-1-2-7-14-31-23-26-22-25(12-13-28(26)34)30(36)32-15-9-16-33-18-20-37-21-19-33/h4-6,10-13,22,31H,1-3,7-9,14-21,23-24H2,(H,32,36). The van der Waals surface area contributed by atoms with Gasteiger partial charge in [0.1, 0.15) is 5.75 Å². The molecule has 8 nitrogen and oxygen atoms in total. The summed E-state index contributed by atoms with van der Waals surface area (Å²) in [6, 6.07) is 15.1. The maximum absolute atomic E-state index is 13.4. The van der Waals surface area contributed by atoms with E-state index in [-0.39, 0.29) is 18.4 Å². The summed E-state index contributed by atoms with van der Waals surface area (Å²) in [5.74, 6) is 0.524. The number of para-hydroxylation sites is 1. The Bertz CT molecular complexity index is 1010. The van der Waals surface area contributed by atoms with Crippen molar-refractivity contribution in [3.8, 4) is 5.75 Å². The van der Waals surface area contributed by atoms with Crippen molar-refractivity contribution >= 4 is 17.5 Å². The summed E-state index contributed by atoms with van der Waals surface area (Å²) in [5, 5.41) is 6.58. The number of hydrogen-bond donors (Lipinski definition) is 2. The van der Waals surface area contributed by atoms with Crippen molar-refractivity contribution in [1.82, 2.24) is 15.5 Å². The molecule has 8 heteroatoms. The smallest absolute Gasteiger partial charge is 0.264 e. The van der Waals surface area contributed by atoms with Crippen molar-refractivity contribution in [2.45, 2.75) is 45.1 Å². The van der Waals surface area contributed by atoms with Crippen molar-refractivity contribution in [1.29, 1.82) is 0 Å². The summed E-state index contributed by atoms with van der Waals surface area (Å²) in [6.45, 7) is 7.21. The third-order valence-electron chi connectivity index (χ3n) is 7.13. The third-order valence-corrected chi connectivity index (χ3v) is 7.13. The summed E-state index contributed by atoms with van der Waals surface area (Å²) >= 11 is 0. The molecule has 0 radical (unpaired) electrons. The van der Waals surface area contributed by atoms with E-state index in [1.807, 2.05) is 53.4 Å². The highest BCUT2D eigenvalue weighted by Crippen LogP contribution is 2.25. The van der Waals surface area contributed by atoms with Gasteiger partial charge < -0.3 is 25.0 Å². The SMILES string of the molecule is O=C(NCCCN1CCOCC1)c1ccc2c(c1)CNCCCCCCCN2C(=O)COc1ccccc1. The highest BCUT2D eigenvalue weighted by Gasteiger charge is 2.21. The minimum absolute atomic E-state index is 0.0255. The first-order chi connectivity index (χ1) is 18.7. The van der Waals surface area contributed by atoms with Crippen LogP contribution in [0.4, 0.5) is 5.69 Å². The summed E-state index contributed by atoms with van der Waals surface area (Å²) in [7, 11) is 0. The maximum Gasteiger partial charge on any atom is 0.264 e. The van der Waals surface area contributed by atoms with Gasteiger partial charge in [-0.25, -0.2) is 0 Å². The number of benzene rings is 2. The first-order valence-electron chi connectivity index (χ1n) is 14.1. The van der Waals surface area contributed by atoms with Crippen molar-refractivity contribution in [2.75, 3.05) is 64.0 Å². The van der Waals surface area contributed by atoms with Gasteiger partial charge in [0, 0.05) is 44.0 Å². The fourth-order valence-corrected chi connectivity index (χ4v) is 4.96. The number of nitrogens with one attached hydrogen (secondary N) is 2. The number of amides is 2. The quantitative estimate of drug-likeness (QED) is 0.516. The van der Waals surface area contributed by atoms with Gasteiger partial charge in [-0.1, -0.05) is 37.5 Å². The van der Waals surface area contributed by atoms with E-state index in [0.717, 1.165) is 76.3 Å². The highest BCUT2D eigenvalue weighted by molar-refractivity contribution is 5.98. The van der Waals surface area contributed by atoms with E-state index in [0.29, 0.717) is 30.9 Å². The fraction of sp³-hybridized carbons (Fsp3) is 0.533. The molecule has 1 saturated heterocycles. The molecule has 1 fully saturated rings. The van der Waals surface area contributed by atoms with E-state index in [4.69, 9.17) is 9.47 Å². The lowest BCUT2D eigenvalue weighted by Gasteiger charge is -2.27. The number of carbonyl (C=O) groups is 2. The van der Waals surface area contributed by atoms with Gasteiger partial charge in [0.15, 0.2) is 6.61 Å². The van der Waals surface area contributed by atoms with E-state index in [1.54, 1.807) is 0 Å². The average Bonchev–Trinajstić information content (AvgIpc) is 2.95. The van der Waals surface area contributed by atoms with Gasteiger partial charge in [0.2, 0.25) is 0 Å². The van der Waals surface area contributed by atoms with Gasteiger partial charge in [-0.3, -0.25) is 14.5 Å². The van der Waals surface area contributed by atoms with Crippen LogP contribution in [0, 0.1) is 0 Å².